The van der Waals surface area contributed by atoms with E-state index in [1.165, 1.54) is 12.1 Å². The molecule has 3 nitrogen and oxygen atoms in total. The minimum atomic E-state index is -4.52. The van der Waals surface area contributed by atoms with E-state index in [2.05, 4.69) is 0 Å². The van der Waals surface area contributed by atoms with E-state index in [4.69, 9.17) is 21.6 Å². The number of rotatable bonds is 5. The molecule has 0 aliphatic heterocycles. The zero-order valence-electron chi connectivity index (χ0n) is 11.0. The molecule has 21 heavy (non-hydrogen) atoms. The van der Waals surface area contributed by atoms with Gasteiger partial charge < -0.3 is 4.74 Å². The lowest BCUT2D eigenvalue weighted by Gasteiger charge is -2.14. The summed E-state index contributed by atoms with van der Waals surface area (Å²) in [7, 11) is 0. The third kappa shape index (κ3) is 5.14. The number of hydrogen-bond donors (Lipinski definition) is 0. The summed E-state index contributed by atoms with van der Waals surface area (Å²) in [5, 5.41) is 9.13. The maximum atomic E-state index is 12.5. The molecule has 0 radical (unpaired) electrons. The highest BCUT2D eigenvalue weighted by molar-refractivity contribution is 8.00. The summed E-state index contributed by atoms with van der Waals surface area (Å²) in [6, 6.07) is 4.29. The Morgan fingerprint density at radius 1 is 1.48 bits per heavy atom. The van der Waals surface area contributed by atoms with Crippen LogP contribution >= 0.6 is 23.4 Å². The van der Waals surface area contributed by atoms with E-state index in [9.17, 15) is 18.0 Å². The molecule has 1 rings (SSSR count). The molecule has 1 aromatic carbocycles. The lowest BCUT2D eigenvalue weighted by Crippen LogP contribution is -2.11. The zero-order chi connectivity index (χ0) is 16.0. The molecule has 0 unspecified atom stereocenters. The minimum Gasteiger partial charge on any atom is -0.466 e. The Bertz CT molecular complexity index is 570. The fourth-order valence-electron chi connectivity index (χ4n) is 1.69. The monoisotopic (exact) mass is 337 g/mol. The first-order valence-electron chi connectivity index (χ1n) is 5.84. The van der Waals surface area contributed by atoms with Crippen LogP contribution < -0.4 is 0 Å². The summed E-state index contributed by atoms with van der Waals surface area (Å²) >= 11 is 5.32. The van der Waals surface area contributed by atoms with Crippen molar-refractivity contribution in [2.45, 2.75) is 29.6 Å². The molecule has 0 saturated heterocycles. The number of alkyl halides is 4. The van der Waals surface area contributed by atoms with Crippen LogP contribution in [-0.2, 0) is 21.8 Å². The van der Waals surface area contributed by atoms with Crippen molar-refractivity contribution in [2.24, 2.45) is 0 Å². The molecule has 0 heterocycles. The average molecular weight is 338 g/mol. The Balaban J connectivity index is 3.27. The standard InChI is InChI=1S/C13H11ClF3NO2S/c1-2-20-12(19)5-9-8(6-14)3-4-11(10(9)7-18)21-13(15,16)17/h3-4H,2,5-6H2,1H3. The van der Waals surface area contributed by atoms with Crippen LogP contribution in [0.15, 0.2) is 17.0 Å². The van der Waals surface area contributed by atoms with E-state index in [0.717, 1.165) is 0 Å². The van der Waals surface area contributed by atoms with Gasteiger partial charge in [-0.25, -0.2) is 0 Å². The van der Waals surface area contributed by atoms with Gasteiger partial charge in [0.1, 0.15) is 6.07 Å². The fraction of sp³-hybridized carbons (Fsp3) is 0.385. The summed E-state index contributed by atoms with van der Waals surface area (Å²) < 4.78 is 42.2. The van der Waals surface area contributed by atoms with Crippen LogP contribution in [0.25, 0.3) is 0 Å². The second-order valence-electron chi connectivity index (χ2n) is 3.85. The van der Waals surface area contributed by atoms with E-state index >= 15 is 0 Å². The number of nitriles is 1. The Hall–Kier alpha value is -1.39. The summed E-state index contributed by atoms with van der Waals surface area (Å²) in [4.78, 5) is 11.3. The second-order valence-corrected chi connectivity index (χ2v) is 5.23. The topological polar surface area (TPSA) is 50.1 Å². The van der Waals surface area contributed by atoms with Crippen molar-refractivity contribution in [1.29, 1.82) is 5.26 Å². The maximum Gasteiger partial charge on any atom is 0.446 e. The van der Waals surface area contributed by atoms with Gasteiger partial charge >= 0.3 is 11.5 Å². The first kappa shape index (κ1) is 17.7. The molecule has 0 fully saturated rings. The molecule has 0 aliphatic carbocycles. The van der Waals surface area contributed by atoms with Crippen LogP contribution in [0.1, 0.15) is 23.6 Å². The van der Waals surface area contributed by atoms with Crippen molar-refractivity contribution in [3.63, 3.8) is 0 Å². The van der Waals surface area contributed by atoms with Gasteiger partial charge in [0.25, 0.3) is 0 Å². The Labute approximate surface area is 129 Å². The van der Waals surface area contributed by atoms with Gasteiger partial charge in [-0.1, -0.05) is 6.07 Å². The van der Waals surface area contributed by atoms with Gasteiger partial charge in [-0.05, 0) is 35.9 Å². The van der Waals surface area contributed by atoms with Gasteiger partial charge in [-0.2, -0.15) is 18.4 Å². The Morgan fingerprint density at radius 2 is 2.14 bits per heavy atom. The maximum absolute atomic E-state index is 12.5. The number of ether oxygens (including phenoxy) is 1. The number of carbonyl (C=O) groups is 1. The van der Waals surface area contributed by atoms with Crippen molar-refractivity contribution in [3.05, 3.63) is 28.8 Å². The number of benzene rings is 1. The molecular formula is C13H11ClF3NO2S. The number of halogens is 4. The van der Waals surface area contributed by atoms with E-state index in [0.29, 0.717) is 5.56 Å². The third-order valence-electron chi connectivity index (χ3n) is 2.48. The van der Waals surface area contributed by atoms with E-state index in [1.54, 1.807) is 13.0 Å². The predicted molar refractivity (Wildman–Crippen MR) is 73.0 cm³/mol. The smallest absolute Gasteiger partial charge is 0.446 e. The SMILES string of the molecule is CCOC(=O)Cc1c(CCl)ccc(SC(F)(F)F)c1C#N. The van der Waals surface area contributed by atoms with Crippen molar-refractivity contribution in [1.82, 2.24) is 0 Å². The molecule has 8 heteroatoms. The highest BCUT2D eigenvalue weighted by Gasteiger charge is 2.31. The highest BCUT2D eigenvalue weighted by atomic mass is 35.5. The van der Waals surface area contributed by atoms with Crippen LogP contribution in [0.5, 0.6) is 0 Å². The Morgan fingerprint density at radius 3 is 2.62 bits per heavy atom. The number of esters is 1. The number of hydrogen-bond acceptors (Lipinski definition) is 4. The van der Waals surface area contributed by atoms with Crippen molar-refractivity contribution >= 4 is 29.3 Å². The largest absolute Gasteiger partial charge is 0.466 e. The second kappa shape index (κ2) is 7.57. The van der Waals surface area contributed by atoms with Gasteiger partial charge in [0, 0.05) is 10.8 Å². The molecule has 0 spiro atoms. The molecule has 0 saturated carbocycles. The first-order chi connectivity index (χ1) is 9.82. The van der Waals surface area contributed by atoms with Crippen LogP contribution in [0.2, 0.25) is 0 Å². The quantitative estimate of drug-likeness (QED) is 0.462. The molecule has 0 atom stereocenters. The summed E-state index contributed by atoms with van der Waals surface area (Å²) in [6.07, 6.45) is -0.287. The van der Waals surface area contributed by atoms with Gasteiger partial charge in [0.2, 0.25) is 0 Å². The predicted octanol–water partition coefficient (Wildman–Crippen LogP) is 4.01. The molecule has 0 N–H and O–H groups in total. The number of nitrogens with zero attached hydrogens (tertiary/aromatic N) is 1. The summed E-state index contributed by atoms with van der Waals surface area (Å²) in [6.45, 7) is 1.76. The van der Waals surface area contributed by atoms with E-state index in [1.807, 2.05) is 0 Å². The zero-order valence-corrected chi connectivity index (χ0v) is 12.5. The lowest BCUT2D eigenvalue weighted by atomic mass is 9.99. The first-order valence-corrected chi connectivity index (χ1v) is 7.19. The summed E-state index contributed by atoms with van der Waals surface area (Å²) in [5.74, 6) is -0.630. The van der Waals surface area contributed by atoms with Crippen LogP contribution in [-0.4, -0.2) is 18.1 Å². The van der Waals surface area contributed by atoms with Gasteiger partial charge in [-0.15, -0.1) is 11.6 Å². The fourth-order valence-corrected chi connectivity index (χ4v) is 2.59. The van der Waals surface area contributed by atoms with Crippen LogP contribution in [0.3, 0.4) is 0 Å². The minimum absolute atomic E-state index is 0.0135. The van der Waals surface area contributed by atoms with E-state index < -0.39 is 23.2 Å². The molecule has 0 amide bonds. The average Bonchev–Trinajstić information content (AvgIpc) is 2.37. The van der Waals surface area contributed by atoms with Crippen molar-refractivity contribution in [2.75, 3.05) is 6.61 Å². The van der Waals surface area contributed by atoms with Gasteiger partial charge in [0.15, 0.2) is 0 Å². The van der Waals surface area contributed by atoms with Crippen LogP contribution in [0.4, 0.5) is 13.2 Å². The van der Waals surface area contributed by atoms with E-state index in [-0.39, 0.29) is 34.9 Å². The molecular weight excluding hydrogens is 327 g/mol. The van der Waals surface area contributed by atoms with Gasteiger partial charge in [0.05, 0.1) is 18.6 Å². The molecule has 1 aromatic rings. The third-order valence-corrected chi connectivity index (χ3v) is 3.56. The Kier molecular flexibility index (Phi) is 6.37. The number of carbonyl (C=O) groups excluding carboxylic acids is 1. The summed E-state index contributed by atoms with van der Waals surface area (Å²) in [5.41, 5.74) is -4.09. The van der Waals surface area contributed by atoms with Gasteiger partial charge in [-0.3, -0.25) is 4.79 Å². The van der Waals surface area contributed by atoms with Crippen molar-refractivity contribution < 1.29 is 22.7 Å². The molecule has 0 aliphatic rings. The normalized spacial score (nSPS) is 11.0. The lowest BCUT2D eigenvalue weighted by molar-refractivity contribution is -0.142. The molecule has 114 valence electrons. The highest BCUT2D eigenvalue weighted by Crippen LogP contribution is 2.40. The van der Waals surface area contributed by atoms with Crippen LogP contribution in [0, 0.1) is 11.3 Å². The molecule has 0 aromatic heterocycles. The number of thioether (sulfide) groups is 1. The molecule has 0 bridgehead atoms. The van der Waals surface area contributed by atoms with Crippen molar-refractivity contribution in [3.8, 4) is 6.07 Å².